The molecule has 0 spiro atoms. The molecule has 1 N–H and O–H groups in total. The molecule has 2 aromatic heterocycles. The molecule has 6 heteroatoms. The predicted molar refractivity (Wildman–Crippen MR) is 88.1 cm³/mol. The average molecular weight is 324 g/mol. The maximum atomic E-state index is 12.6. The van der Waals surface area contributed by atoms with Crippen LogP contribution in [0.15, 0.2) is 30.6 Å². The smallest absolute Gasteiger partial charge is 0.256 e. The number of nitrogens with zero attached hydrogens (tertiary/aromatic N) is 2. The average Bonchev–Trinajstić information content (AvgIpc) is 2.89. The molecule has 112 valence electrons. The molecule has 1 amide bonds. The summed E-state index contributed by atoms with van der Waals surface area (Å²) in [6.07, 6.45) is 4.32. The number of nitrogens with one attached hydrogen (secondary N) is 1. The molecule has 0 unspecified atom stereocenters. The van der Waals surface area contributed by atoms with Crippen molar-refractivity contribution in [2.75, 3.05) is 18.9 Å². The molecule has 2 rings (SSSR count). The van der Waals surface area contributed by atoms with Gasteiger partial charge in [-0.15, -0.1) is 11.3 Å². The number of halogens is 1. The first kappa shape index (κ1) is 15.8. The number of aromatic nitrogens is 1. The normalized spacial score (nSPS) is 10.4. The Morgan fingerprint density at radius 2 is 2.24 bits per heavy atom. The number of thiophene rings is 1. The van der Waals surface area contributed by atoms with Crippen LogP contribution >= 0.6 is 22.9 Å². The number of carbonyl (C=O) groups is 1. The summed E-state index contributed by atoms with van der Waals surface area (Å²) < 4.78 is 0.736. The third-order valence-electron chi connectivity index (χ3n) is 2.99. The largest absolute Gasteiger partial charge is 0.383 e. The zero-order valence-corrected chi connectivity index (χ0v) is 13.7. The number of carbonyl (C=O) groups excluding carboxylic acids is 1. The van der Waals surface area contributed by atoms with E-state index >= 15 is 0 Å². The summed E-state index contributed by atoms with van der Waals surface area (Å²) in [7, 11) is 1.79. The number of rotatable bonds is 6. The van der Waals surface area contributed by atoms with Gasteiger partial charge in [0.1, 0.15) is 0 Å². The molecule has 0 aliphatic carbocycles. The molecule has 0 atom stereocenters. The number of hydrogen-bond donors (Lipinski definition) is 1. The third-order valence-corrected chi connectivity index (χ3v) is 4.20. The van der Waals surface area contributed by atoms with E-state index in [1.807, 2.05) is 12.1 Å². The molecule has 2 heterocycles. The monoisotopic (exact) mass is 323 g/mol. The van der Waals surface area contributed by atoms with Gasteiger partial charge in [-0.05, 0) is 24.6 Å². The fourth-order valence-electron chi connectivity index (χ4n) is 1.93. The highest BCUT2D eigenvalue weighted by Gasteiger charge is 2.16. The minimum Gasteiger partial charge on any atom is -0.383 e. The van der Waals surface area contributed by atoms with Gasteiger partial charge in [-0.2, -0.15) is 0 Å². The fraction of sp³-hybridized carbons (Fsp3) is 0.333. The maximum absolute atomic E-state index is 12.6. The van der Waals surface area contributed by atoms with Gasteiger partial charge in [-0.3, -0.25) is 9.78 Å². The van der Waals surface area contributed by atoms with E-state index < -0.39 is 0 Å². The predicted octanol–water partition coefficient (Wildman–Crippen LogP) is 3.89. The van der Waals surface area contributed by atoms with Gasteiger partial charge in [0.05, 0.1) is 28.3 Å². The molecule has 0 fully saturated rings. The number of pyridine rings is 1. The van der Waals surface area contributed by atoms with Gasteiger partial charge >= 0.3 is 0 Å². The maximum Gasteiger partial charge on any atom is 0.256 e. The highest BCUT2D eigenvalue weighted by atomic mass is 35.5. The Morgan fingerprint density at radius 1 is 1.43 bits per heavy atom. The first-order chi connectivity index (χ1) is 10.1. The SMILES string of the molecule is CCCNc1cnccc1C(=O)N(C)Cc1ccc(Cl)s1. The van der Waals surface area contributed by atoms with Crippen LogP contribution in [-0.4, -0.2) is 29.4 Å². The molecule has 21 heavy (non-hydrogen) atoms. The van der Waals surface area contributed by atoms with Crippen molar-refractivity contribution in [3.63, 3.8) is 0 Å². The zero-order chi connectivity index (χ0) is 15.2. The van der Waals surface area contributed by atoms with E-state index in [1.165, 1.54) is 11.3 Å². The topological polar surface area (TPSA) is 45.2 Å². The Bertz CT molecular complexity index is 614. The quantitative estimate of drug-likeness (QED) is 0.877. The van der Waals surface area contributed by atoms with E-state index in [1.54, 1.807) is 30.4 Å². The number of amides is 1. The molecule has 0 saturated carbocycles. The summed E-state index contributed by atoms with van der Waals surface area (Å²) in [5.74, 6) is -0.0273. The summed E-state index contributed by atoms with van der Waals surface area (Å²) in [5, 5.41) is 3.24. The summed E-state index contributed by atoms with van der Waals surface area (Å²) in [6.45, 7) is 3.44. The Labute approximate surface area is 133 Å². The highest BCUT2D eigenvalue weighted by Crippen LogP contribution is 2.23. The van der Waals surface area contributed by atoms with Crippen molar-refractivity contribution in [3.8, 4) is 0 Å². The van der Waals surface area contributed by atoms with Crippen LogP contribution in [0.1, 0.15) is 28.6 Å². The fourth-order valence-corrected chi connectivity index (χ4v) is 3.07. The van der Waals surface area contributed by atoms with Gasteiger partial charge in [-0.25, -0.2) is 0 Å². The van der Waals surface area contributed by atoms with Crippen LogP contribution in [0.25, 0.3) is 0 Å². The summed E-state index contributed by atoms with van der Waals surface area (Å²) in [4.78, 5) is 19.4. The van der Waals surface area contributed by atoms with Gasteiger partial charge < -0.3 is 10.2 Å². The molecule has 0 saturated heterocycles. The molecule has 0 aliphatic heterocycles. The molecular weight excluding hydrogens is 306 g/mol. The van der Waals surface area contributed by atoms with Crippen molar-refractivity contribution in [1.82, 2.24) is 9.88 Å². The van der Waals surface area contributed by atoms with Crippen LogP contribution in [-0.2, 0) is 6.54 Å². The van der Waals surface area contributed by atoms with E-state index in [0.29, 0.717) is 12.1 Å². The lowest BCUT2D eigenvalue weighted by Crippen LogP contribution is -2.26. The first-order valence-electron chi connectivity index (χ1n) is 6.79. The van der Waals surface area contributed by atoms with Crippen molar-refractivity contribution in [2.45, 2.75) is 19.9 Å². The zero-order valence-electron chi connectivity index (χ0n) is 12.1. The van der Waals surface area contributed by atoms with Crippen LogP contribution in [0.3, 0.4) is 0 Å². The van der Waals surface area contributed by atoms with Crippen LogP contribution in [0.4, 0.5) is 5.69 Å². The second kappa shape index (κ2) is 7.43. The Kier molecular flexibility index (Phi) is 5.59. The van der Waals surface area contributed by atoms with Crippen LogP contribution in [0, 0.1) is 0 Å². The molecule has 2 aromatic rings. The van der Waals surface area contributed by atoms with Crippen LogP contribution < -0.4 is 5.32 Å². The van der Waals surface area contributed by atoms with E-state index in [0.717, 1.165) is 27.9 Å². The Balaban J connectivity index is 2.11. The van der Waals surface area contributed by atoms with Crippen molar-refractivity contribution in [3.05, 3.63) is 45.4 Å². The van der Waals surface area contributed by atoms with Crippen molar-refractivity contribution in [2.24, 2.45) is 0 Å². The van der Waals surface area contributed by atoms with E-state index in [4.69, 9.17) is 11.6 Å². The molecule has 0 radical (unpaired) electrons. The van der Waals surface area contributed by atoms with E-state index in [9.17, 15) is 4.79 Å². The van der Waals surface area contributed by atoms with Crippen molar-refractivity contribution >= 4 is 34.5 Å². The molecular formula is C15H18ClN3OS. The Morgan fingerprint density at radius 3 is 2.90 bits per heavy atom. The van der Waals surface area contributed by atoms with Gasteiger partial charge in [0.2, 0.25) is 0 Å². The summed E-state index contributed by atoms with van der Waals surface area (Å²) in [5.41, 5.74) is 1.42. The second-order valence-corrected chi connectivity index (χ2v) is 6.51. The molecule has 4 nitrogen and oxygen atoms in total. The highest BCUT2D eigenvalue weighted by molar-refractivity contribution is 7.16. The Hall–Kier alpha value is -1.59. The minimum atomic E-state index is -0.0273. The summed E-state index contributed by atoms with van der Waals surface area (Å²) in [6, 6.07) is 5.54. The van der Waals surface area contributed by atoms with Crippen LogP contribution in [0.2, 0.25) is 4.34 Å². The van der Waals surface area contributed by atoms with Crippen molar-refractivity contribution in [1.29, 1.82) is 0 Å². The van der Waals surface area contributed by atoms with Gasteiger partial charge in [0, 0.05) is 24.7 Å². The molecule has 0 aliphatic rings. The van der Waals surface area contributed by atoms with Crippen molar-refractivity contribution < 1.29 is 4.79 Å². The molecule has 0 bridgehead atoms. The van der Waals surface area contributed by atoms with Crippen LogP contribution in [0.5, 0.6) is 0 Å². The lowest BCUT2D eigenvalue weighted by Gasteiger charge is -2.18. The van der Waals surface area contributed by atoms with Gasteiger partial charge in [0.25, 0.3) is 5.91 Å². The van der Waals surface area contributed by atoms with Gasteiger partial charge in [0.15, 0.2) is 0 Å². The number of anilines is 1. The lowest BCUT2D eigenvalue weighted by molar-refractivity contribution is 0.0787. The summed E-state index contributed by atoms with van der Waals surface area (Å²) >= 11 is 7.41. The second-order valence-electron chi connectivity index (χ2n) is 4.72. The lowest BCUT2D eigenvalue weighted by atomic mass is 10.2. The van der Waals surface area contributed by atoms with Gasteiger partial charge in [-0.1, -0.05) is 18.5 Å². The van der Waals surface area contributed by atoms with E-state index in [2.05, 4.69) is 17.2 Å². The van der Waals surface area contributed by atoms with E-state index in [-0.39, 0.29) is 5.91 Å². The first-order valence-corrected chi connectivity index (χ1v) is 7.98. The number of hydrogen-bond acceptors (Lipinski definition) is 4. The minimum absolute atomic E-state index is 0.0273. The standard InChI is InChI=1S/C15H18ClN3OS/c1-3-7-18-13-9-17-8-6-12(13)15(20)19(2)10-11-4-5-14(16)21-11/h4-6,8-9,18H,3,7,10H2,1-2H3. The third kappa shape index (κ3) is 4.19. The molecule has 0 aromatic carbocycles.